The van der Waals surface area contributed by atoms with E-state index in [4.69, 9.17) is 23.7 Å². The van der Waals surface area contributed by atoms with E-state index < -0.39 is 6.09 Å². The molecule has 0 unspecified atom stereocenters. The average molecular weight is 753 g/mol. The first-order chi connectivity index (χ1) is 26.7. The monoisotopic (exact) mass is 752 g/mol. The van der Waals surface area contributed by atoms with E-state index in [0.29, 0.717) is 29.4 Å². The first-order valence-electron chi connectivity index (χ1n) is 18.2. The highest BCUT2D eigenvalue weighted by Crippen LogP contribution is 2.44. The summed E-state index contributed by atoms with van der Waals surface area (Å²) in [5.41, 5.74) is 7.29. The highest BCUT2D eigenvalue weighted by Gasteiger charge is 2.29. The Bertz CT molecular complexity index is 1860. The summed E-state index contributed by atoms with van der Waals surface area (Å²) in [7, 11) is 3.00. The van der Waals surface area contributed by atoms with E-state index >= 15 is 0 Å². The molecule has 4 N–H and O–H groups in total. The summed E-state index contributed by atoms with van der Waals surface area (Å²) < 4.78 is 27.9. The lowest BCUT2D eigenvalue weighted by Crippen LogP contribution is -2.35. The number of amides is 4. The molecule has 0 aliphatic heterocycles. The molecule has 55 heavy (non-hydrogen) atoms. The molecule has 5 rings (SSSR count). The molecule has 1 aliphatic carbocycles. The van der Waals surface area contributed by atoms with Crippen LogP contribution in [0.3, 0.4) is 0 Å². The number of nitrogens with one attached hydrogen (secondary N) is 4. The molecule has 0 saturated carbocycles. The summed E-state index contributed by atoms with van der Waals surface area (Å²) in [6, 6.07) is 27.5. The van der Waals surface area contributed by atoms with Gasteiger partial charge in [0.15, 0.2) is 0 Å². The van der Waals surface area contributed by atoms with Crippen LogP contribution in [0.25, 0.3) is 11.1 Å². The fraction of sp³-hybridized carbons (Fsp3) is 0.333. The van der Waals surface area contributed by atoms with Crippen molar-refractivity contribution >= 4 is 23.8 Å². The Hall–Kier alpha value is -6.08. The molecule has 13 nitrogen and oxygen atoms in total. The van der Waals surface area contributed by atoms with Crippen molar-refractivity contribution < 1.29 is 42.9 Å². The minimum absolute atomic E-state index is 0.0548. The third-order valence-corrected chi connectivity index (χ3v) is 9.02. The molecule has 4 aromatic rings. The maximum Gasteiger partial charge on any atom is 0.407 e. The van der Waals surface area contributed by atoms with Crippen molar-refractivity contribution in [2.75, 3.05) is 53.7 Å². The van der Waals surface area contributed by atoms with Crippen molar-refractivity contribution in [2.45, 2.75) is 38.8 Å². The lowest BCUT2D eigenvalue weighted by molar-refractivity contribution is -0.128. The highest BCUT2D eigenvalue weighted by molar-refractivity contribution is 5.80. The number of fused-ring (bicyclic) bond motifs is 3. The third-order valence-electron chi connectivity index (χ3n) is 9.02. The number of aryl methyl sites for hydroxylation is 1. The maximum atomic E-state index is 12.8. The number of hydrogen-bond acceptors (Lipinski definition) is 9. The van der Waals surface area contributed by atoms with E-state index in [1.807, 2.05) is 55.5 Å². The molecular weight excluding hydrogens is 704 g/mol. The predicted octanol–water partition coefficient (Wildman–Crippen LogP) is 4.78. The molecule has 13 heteroatoms. The number of benzene rings is 4. The number of hydrogen-bond donors (Lipinski definition) is 4. The third kappa shape index (κ3) is 11.7. The molecule has 0 atom stereocenters. The fourth-order valence-electron chi connectivity index (χ4n) is 6.16. The van der Waals surface area contributed by atoms with Gasteiger partial charge in [0.25, 0.3) is 0 Å². The van der Waals surface area contributed by atoms with Crippen LogP contribution in [0.2, 0.25) is 0 Å². The first-order valence-corrected chi connectivity index (χ1v) is 18.2. The van der Waals surface area contributed by atoms with Crippen LogP contribution in [0, 0.1) is 6.92 Å². The fourth-order valence-corrected chi connectivity index (χ4v) is 6.16. The average Bonchev–Trinajstić information content (AvgIpc) is 3.52. The Kier molecular flexibility index (Phi) is 14.9. The van der Waals surface area contributed by atoms with Crippen molar-refractivity contribution in [3.63, 3.8) is 0 Å². The second-order valence-corrected chi connectivity index (χ2v) is 12.8. The smallest absolute Gasteiger partial charge is 0.407 e. The van der Waals surface area contributed by atoms with Crippen LogP contribution >= 0.6 is 0 Å². The number of carbonyl (C=O) groups excluding carboxylic acids is 4. The van der Waals surface area contributed by atoms with Gasteiger partial charge in [-0.1, -0.05) is 78.4 Å². The van der Waals surface area contributed by atoms with Gasteiger partial charge in [-0.25, -0.2) is 4.79 Å². The summed E-state index contributed by atoms with van der Waals surface area (Å²) >= 11 is 0. The summed E-state index contributed by atoms with van der Waals surface area (Å²) in [4.78, 5) is 49.2. The minimum atomic E-state index is -0.572. The molecule has 0 aromatic heterocycles. The molecule has 0 saturated heterocycles. The van der Waals surface area contributed by atoms with Gasteiger partial charge in [-0.2, -0.15) is 0 Å². The molecule has 290 valence electrons. The summed E-state index contributed by atoms with van der Waals surface area (Å²) in [5.74, 6) is 0.462. The maximum absolute atomic E-state index is 12.8. The van der Waals surface area contributed by atoms with E-state index in [1.165, 1.54) is 14.2 Å². The molecule has 0 radical (unpaired) electrons. The number of methoxy groups -OCH3 is 2. The molecule has 1 aliphatic rings. The van der Waals surface area contributed by atoms with Crippen molar-refractivity contribution in [2.24, 2.45) is 0 Å². The van der Waals surface area contributed by atoms with Crippen molar-refractivity contribution in [1.82, 2.24) is 21.3 Å². The van der Waals surface area contributed by atoms with E-state index in [-0.39, 0.29) is 82.5 Å². The quantitative estimate of drug-likeness (QED) is 0.0932. The van der Waals surface area contributed by atoms with Gasteiger partial charge < -0.3 is 45.0 Å². The van der Waals surface area contributed by atoms with E-state index in [9.17, 15) is 19.2 Å². The van der Waals surface area contributed by atoms with Gasteiger partial charge in [-0.15, -0.1) is 0 Å². The number of ether oxygens (including phenoxy) is 5. The first kappa shape index (κ1) is 40.1. The van der Waals surface area contributed by atoms with Gasteiger partial charge in [0.05, 0.1) is 46.0 Å². The molecule has 0 bridgehead atoms. The number of rotatable bonds is 20. The lowest BCUT2D eigenvalue weighted by atomic mass is 9.98. The zero-order valence-electron chi connectivity index (χ0n) is 31.4. The van der Waals surface area contributed by atoms with Gasteiger partial charge in [0.2, 0.25) is 17.7 Å². The van der Waals surface area contributed by atoms with Gasteiger partial charge >= 0.3 is 6.09 Å². The van der Waals surface area contributed by atoms with Crippen LogP contribution < -0.4 is 35.5 Å². The highest BCUT2D eigenvalue weighted by atomic mass is 16.5. The van der Waals surface area contributed by atoms with Crippen LogP contribution in [0.5, 0.6) is 17.2 Å². The van der Waals surface area contributed by atoms with Crippen LogP contribution in [-0.4, -0.2) is 77.6 Å². The molecule has 4 aromatic carbocycles. The van der Waals surface area contributed by atoms with Crippen molar-refractivity contribution in [1.29, 1.82) is 0 Å². The molecule has 4 amide bonds. The number of carbonyl (C=O) groups is 4. The van der Waals surface area contributed by atoms with Crippen LogP contribution in [0.1, 0.15) is 46.6 Å². The summed E-state index contributed by atoms with van der Waals surface area (Å²) in [5, 5.41) is 11.0. The second kappa shape index (κ2) is 20.4. The van der Waals surface area contributed by atoms with Crippen molar-refractivity contribution in [3.05, 3.63) is 113 Å². The van der Waals surface area contributed by atoms with E-state index in [1.54, 1.807) is 12.1 Å². The Balaban J connectivity index is 0.956. The Morgan fingerprint density at radius 2 is 1.24 bits per heavy atom. The second-order valence-electron chi connectivity index (χ2n) is 12.8. The summed E-state index contributed by atoms with van der Waals surface area (Å²) in [6.45, 7) is 3.20. The van der Waals surface area contributed by atoms with Crippen LogP contribution in [0.15, 0.2) is 84.9 Å². The van der Waals surface area contributed by atoms with Crippen molar-refractivity contribution in [3.8, 4) is 28.4 Å². The van der Waals surface area contributed by atoms with Crippen LogP contribution in [-0.2, 0) is 36.9 Å². The van der Waals surface area contributed by atoms with E-state index in [2.05, 4.69) is 45.5 Å². The molecule has 0 heterocycles. The number of alkyl carbamates (subject to hydrolysis) is 1. The summed E-state index contributed by atoms with van der Waals surface area (Å²) in [6.07, 6.45) is -0.412. The largest absolute Gasteiger partial charge is 0.496 e. The molecule has 0 fully saturated rings. The van der Waals surface area contributed by atoms with Crippen LogP contribution in [0.4, 0.5) is 4.79 Å². The topological polar surface area (TPSA) is 163 Å². The SMILES string of the molecule is COc1cc(OCCC(=O)NCCNC(=O)CCOCC(=O)NCc2ccc(C)cc2)cc(OC)c1CNC(=O)OCC1c2ccccc2-c2ccccc21. The zero-order valence-corrected chi connectivity index (χ0v) is 31.4. The normalized spacial score (nSPS) is 11.5. The van der Waals surface area contributed by atoms with E-state index in [0.717, 1.165) is 33.4 Å². The van der Waals surface area contributed by atoms with Gasteiger partial charge in [-0.05, 0) is 34.7 Å². The lowest BCUT2D eigenvalue weighted by Gasteiger charge is -2.17. The zero-order chi connectivity index (χ0) is 39.0. The Morgan fingerprint density at radius 1 is 0.655 bits per heavy atom. The standard InChI is InChI=1S/C42H48N4O9/c1-28-12-14-29(15-13-28)24-45-41(49)27-53-20-16-39(47)43-18-19-44-40(48)17-21-54-30-22-37(51-2)35(38(23-30)52-3)25-46-42(50)55-26-36-33-10-6-4-8-31(33)32-9-5-7-11-34(32)36/h4-15,22-23,36H,16-21,24-27H2,1-3H3,(H,43,47)(H,44,48)(H,45,49)(H,46,50). The van der Waals surface area contributed by atoms with Gasteiger partial charge in [0.1, 0.15) is 30.5 Å². The van der Waals surface area contributed by atoms with Gasteiger partial charge in [0, 0.05) is 44.1 Å². The van der Waals surface area contributed by atoms with Gasteiger partial charge in [-0.3, -0.25) is 14.4 Å². The molecule has 0 spiro atoms. The Morgan fingerprint density at radius 3 is 1.84 bits per heavy atom. The minimum Gasteiger partial charge on any atom is -0.496 e. The Labute approximate surface area is 321 Å². The molecular formula is C42H48N4O9. The predicted molar refractivity (Wildman–Crippen MR) is 206 cm³/mol.